The number of allylic oxidation sites excluding steroid dienone is 1. The zero-order chi connectivity index (χ0) is 24.0. The number of fused-ring (bicyclic) bond motifs is 1. The number of aromatic nitrogens is 2. The Morgan fingerprint density at radius 1 is 1.20 bits per heavy atom. The summed E-state index contributed by atoms with van der Waals surface area (Å²) in [5, 5.41) is 4.30. The highest BCUT2D eigenvalue weighted by molar-refractivity contribution is 6.09. The summed E-state index contributed by atoms with van der Waals surface area (Å²) in [7, 11) is 0. The Bertz CT molecular complexity index is 1190. The molecule has 0 bridgehead atoms. The fourth-order valence-electron chi connectivity index (χ4n) is 4.22. The summed E-state index contributed by atoms with van der Waals surface area (Å²) in [4.78, 5) is 24.5. The maximum atomic E-state index is 13.3. The average Bonchev–Trinajstić information content (AvgIpc) is 3.73. The summed E-state index contributed by atoms with van der Waals surface area (Å²) < 4.78 is 11.5. The largest absolute Gasteiger partial charge is 0.492 e. The van der Waals surface area contributed by atoms with Gasteiger partial charge in [0.25, 0.3) is 0 Å². The number of carbonyl (C=O) groups excluding carboxylic acids is 1. The number of nitrogens with zero attached hydrogens (tertiary/aromatic N) is 3. The topological polar surface area (TPSA) is 76.6 Å². The van der Waals surface area contributed by atoms with Crippen molar-refractivity contribution in [1.29, 1.82) is 0 Å². The Morgan fingerprint density at radius 3 is 2.77 bits per heavy atom. The molecular formula is C28H32N4O3. The third-order valence-corrected chi connectivity index (χ3v) is 6.56. The van der Waals surface area contributed by atoms with Crippen molar-refractivity contribution in [2.75, 3.05) is 44.8 Å². The molecule has 0 spiro atoms. The third-order valence-electron chi connectivity index (χ3n) is 6.56. The summed E-state index contributed by atoms with van der Waals surface area (Å²) >= 11 is 0. The monoisotopic (exact) mass is 472 g/mol. The zero-order valence-corrected chi connectivity index (χ0v) is 20.2. The normalized spacial score (nSPS) is 17.5. The molecule has 1 aliphatic carbocycles. The van der Waals surface area contributed by atoms with Crippen molar-refractivity contribution in [1.82, 2.24) is 14.9 Å². The molecular weight excluding hydrogens is 440 g/mol. The number of ketones is 1. The summed E-state index contributed by atoms with van der Waals surface area (Å²) in [5.74, 6) is 1.80. The fourth-order valence-corrected chi connectivity index (χ4v) is 4.22. The lowest BCUT2D eigenvalue weighted by Crippen LogP contribution is -2.36. The van der Waals surface area contributed by atoms with Gasteiger partial charge in [-0.25, -0.2) is 9.97 Å². The molecule has 5 rings (SSSR count). The van der Waals surface area contributed by atoms with Gasteiger partial charge in [-0.2, -0.15) is 0 Å². The molecule has 3 aromatic rings. The van der Waals surface area contributed by atoms with Gasteiger partial charge in [0, 0.05) is 37.1 Å². The fraction of sp³-hybridized carbons (Fsp3) is 0.393. The van der Waals surface area contributed by atoms with Crippen molar-refractivity contribution < 1.29 is 14.3 Å². The van der Waals surface area contributed by atoms with Gasteiger partial charge in [-0.3, -0.25) is 9.69 Å². The number of anilines is 1. The quantitative estimate of drug-likeness (QED) is 0.340. The standard InChI is InChI=1S/C28H32N4O3/c1-20(22-6-3-2-4-7-22)31-28-23-16-24(26(33)8-5-11-32-12-14-34-15-13-32)27(35-18-21-9-10-21)17-25(23)29-19-30-28/h2-8,16-17,19-21H,9-15,18H2,1H3,(H,29,30,31)/t20-/m1/s1. The van der Waals surface area contributed by atoms with Gasteiger partial charge in [0.05, 0.1) is 30.9 Å². The average molecular weight is 473 g/mol. The van der Waals surface area contributed by atoms with Gasteiger partial charge in [-0.05, 0) is 43.4 Å². The highest BCUT2D eigenvalue weighted by atomic mass is 16.5. The number of rotatable bonds is 10. The van der Waals surface area contributed by atoms with Crippen LogP contribution in [0.4, 0.5) is 5.82 Å². The van der Waals surface area contributed by atoms with E-state index in [2.05, 4.69) is 39.2 Å². The van der Waals surface area contributed by atoms with Crippen LogP contribution >= 0.6 is 0 Å². The number of benzene rings is 2. The van der Waals surface area contributed by atoms with E-state index in [0.29, 0.717) is 29.7 Å². The second-order valence-electron chi connectivity index (χ2n) is 9.30. The van der Waals surface area contributed by atoms with Crippen LogP contribution in [0.1, 0.15) is 41.7 Å². The van der Waals surface area contributed by atoms with Crippen molar-refractivity contribution >= 4 is 22.5 Å². The first-order valence-electron chi connectivity index (χ1n) is 12.4. The van der Waals surface area contributed by atoms with Crippen molar-refractivity contribution in [2.24, 2.45) is 5.92 Å². The van der Waals surface area contributed by atoms with Crippen molar-refractivity contribution in [3.63, 3.8) is 0 Å². The van der Waals surface area contributed by atoms with E-state index in [1.807, 2.05) is 36.4 Å². The number of carbonyl (C=O) groups is 1. The van der Waals surface area contributed by atoms with E-state index in [1.54, 1.807) is 12.4 Å². The zero-order valence-electron chi connectivity index (χ0n) is 20.2. The number of hydrogen-bond donors (Lipinski definition) is 1. The SMILES string of the molecule is C[C@@H](Nc1ncnc2cc(OCC3CC3)c(C(=O)C=CCN3CCOCC3)cc12)c1ccccc1. The molecule has 2 heterocycles. The molecule has 1 saturated carbocycles. The molecule has 1 aliphatic heterocycles. The summed E-state index contributed by atoms with van der Waals surface area (Å²) in [6.45, 7) is 6.70. The van der Waals surface area contributed by atoms with E-state index < -0.39 is 0 Å². The first-order chi connectivity index (χ1) is 17.2. The maximum Gasteiger partial charge on any atom is 0.189 e. The number of morpholine rings is 1. The van der Waals surface area contributed by atoms with Gasteiger partial charge in [0.1, 0.15) is 17.9 Å². The molecule has 182 valence electrons. The molecule has 1 aromatic heterocycles. The summed E-state index contributed by atoms with van der Waals surface area (Å²) in [6, 6.07) is 14.0. The van der Waals surface area contributed by atoms with Gasteiger partial charge in [-0.1, -0.05) is 36.4 Å². The first-order valence-corrected chi connectivity index (χ1v) is 12.4. The first kappa shape index (κ1) is 23.5. The van der Waals surface area contributed by atoms with Crippen molar-refractivity contribution in [3.8, 4) is 5.75 Å². The van der Waals surface area contributed by atoms with Crippen molar-refractivity contribution in [2.45, 2.75) is 25.8 Å². The van der Waals surface area contributed by atoms with Gasteiger partial charge >= 0.3 is 0 Å². The van der Waals surface area contributed by atoms with E-state index in [-0.39, 0.29) is 11.8 Å². The Kier molecular flexibility index (Phi) is 7.35. The molecule has 1 saturated heterocycles. The molecule has 7 heteroatoms. The minimum absolute atomic E-state index is 0.0488. The molecule has 2 fully saturated rings. The predicted octanol–water partition coefficient (Wildman–Crippen LogP) is 4.66. The number of ether oxygens (including phenoxy) is 2. The van der Waals surface area contributed by atoms with E-state index in [9.17, 15) is 4.79 Å². The second-order valence-corrected chi connectivity index (χ2v) is 9.30. The molecule has 2 aliphatic rings. The van der Waals surface area contributed by atoms with Crippen LogP contribution in [-0.4, -0.2) is 60.1 Å². The van der Waals surface area contributed by atoms with Crippen LogP contribution in [-0.2, 0) is 4.74 Å². The molecule has 7 nitrogen and oxygen atoms in total. The Labute approximate surface area is 206 Å². The minimum atomic E-state index is -0.0723. The van der Waals surface area contributed by atoms with E-state index >= 15 is 0 Å². The van der Waals surface area contributed by atoms with Crippen molar-refractivity contribution in [3.05, 3.63) is 72.1 Å². The summed E-state index contributed by atoms with van der Waals surface area (Å²) in [5.41, 5.74) is 2.45. The molecule has 0 radical (unpaired) electrons. The molecule has 35 heavy (non-hydrogen) atoms. The molecule has 2 aromatic carbocycles. The van der Waals surface area contributed by atoms with Crippen LogP contribution in [0, 0.1) is 5.92 Å². The Morgan fingerprint density at radius 2 is 2.00 bits per heavy atom. The Hall–Kier alpha value is -3.29. The maximum absolute atomic E-state index is 13.3. The lowest BCUT2D eigenvalue weighted by atomic mass is 10.0. The minimum Gasteiger partial charge on any atom is -0.492 e. The Balaban J connectivity index is 1.42. The molecule has 1 N–H and O–H groups in total. The van der Waals surface area contributed by atoms with Crippen LogP contribution in [0.5, 0.6) is 5.75 Å². The highest BCUT2D eigenvalue weighted by Gasteiger charge is 2.24. The van der Waals surface area contributed by atoms with Crippen LogP contribution in [0.3, 0.4) is 0 Å². The highest BCUT2D eigenvalue weighted by Crippen LogP contribution is 2.34. The predicted molar refractivity (Wildman–Crippen MR) is 137 cm³/mol. The molecule has 1 atom stereocenters. The smallest absolute Gasteiger partial charge is 0.189 e. The van der Waals surface area contributed by atoms with E-state index in [1.165, 1.54) is 12.8 Å². The van der Waals surface area contributed by atoms with Crippen LogP contribution in [0.25, 0.3) is 10.9 Å². The number of hydrogen-bond acceptors (Lipinski definition) is 7. The second kappa shape index (κ2) is 11.0. The van der Waals surface area contributed by atoms with E-state index in [0.717, 1.165) is 49.3 Å². The lowest BCUT2D eigenvalue weighted by Gasteiger charge is -2.25. The van der Waals surface area contributed by atoms with Crippen LogP contribution in [0.15, 0.2) is 60.9 Å². The summed E-state index contributed by atoms with van der Waals surface area (Å²) in [6.07, 6.45) is 7.51. The van der Waals surface area contributed by atoms with Gasteiger partial charge in [0.2, 0.25) is 0 Å². The lowest BCUT2D eigenvalue weighted by molar-refractivity contribution is 0.0434. The van der Waals surface area contributed by atoms with E-state index in [4.69, 9.17) is 9.47 Å². The molecule has 0 amide bonds. The number of nitrogens with one attached hydrogen (secondary N) is 1. The van der Waals surface area contributed by atoms with Gasteiger partial charge < -0.3 is 14.8 Å². The van der Waals surface area contributed by atoms with Gasteiger partial charge in [-0.15, -0.1) is 0 Å². The molecule has 0 unspecified atom stereocenters. The van der Waals surface area contributed by atoms with Gasteiger partial charge in [0.15, 0.2) is 5.78 Å². The van der Waals surface area contributed by atoms with Crippen LogP contribution < -0.4 is 10.1 Å². The van der Waals surface area contributed by atoms with Crippen LogP contribution in [0.2, 0.25) is 0 Å². The third kappa shape index (κ3) is 6.05.